The summed E-state index contributed by atoms with van der Waals surface area (Å²) in [6.45, 7) is 2.44. The van der Waals surface area contributed by atoms with Crippen molar-refractivity contribution in [3.8, 4) is 5.75 Å². The zero-order valence-corrected chi connectivity index (χ0v) is 8.07. The van der Waals surface area contributed by atoms with Gasteiger partial charge in [0.15, 0.2) is 5.75 Å². The van der Waals surface area contributed by atoms with Crippen LogP contribution in [0.25, 0.3) is 10.8 Å². The average Bonchev–Trinajstić information content (AvgIpc) is 2.26. The Morgan fingerprint density at radius 1 is 1.00 bits per heavy atom. The maximum Gasteiger partial charge on any atom is 0.173 e. The van der Waals surface area contributed by atoms with Crippen LogP contribution in [0.2, 0.25) is 0 Å². The molecule has 2 heteroatoms. The average molecular weight is 188 g/mol. The topological polar surface area (TPSA) is 18.5 Å². The standard InChI is InChI=1S/C12H12O2/c1-2-13-14-12-9-5-7-10-6-3-4-8-11(10)12/h3-9H,2H2,1H3. The molecular formula is C12H12O2. The molecule has 0 unspecified atom stereocenters. The molecule has 0 spiro atoms. The summed E-state index contributed by atoms with van der Waals surface area (Å²) in [4.78, 5) is 10.1. The summed E-state index contributed by atoms with van der Waals surface area (Å²) in [5.74, 6) is 0.768. The van der Waals surface area contributed by atoms with Crippen LogP contribution >= 0.6 is 0 Å². The fourth-order valence-corrected chi connectivity index (χ4v) is 1.39. The molecule has 0 saturated heterocycles. The highest BCUT2D eigenvalue weighted by Gasteiger charge is 2.00. The molecule has 0 heterocycles. The smallest absolute Gasteiger partial charge is 0.173 e. The number of hydrogen-bond donors (Lipinski definition) is 0. The lowest BCUT2D eigenvalue weighted by Gasteiger charge is -2.05. The van der Waals surface area contributed by atoms with Crippen molar-refractivity contribution in [3.63, 3.8) is 0 Å². The van der Waals surface area contributed by atoms with Crippen molar-refractivity contribution in [1.82, 2.24) is 0 Å². The van der Waals surface area contributed by atoms with Crippen LogP contribution in [0.4, 0.5) is 0 Å². The Balaban J connectivity index is 2.43. The molecule has 14 heavy (non-hydrogen) atoms. The first kappa shape index (κ1) is 9.03. The van der Waals surface area contributed by atoms with E-state index < -0.39 is 0 Å². The predicted molar refractivity (Wildman–Crippen MR) is 56.2 cm³/mol. The quantitative estimate of drug-likeness (QED) is 0.544. The van der Waals surface area contributed by atoms with E-state index in [-0.39, 0.29) is 0 Å². The van der Waals surface area contributed by atoms with E-state index in [1.54, 1.807) is 0 Å². The minimum Gasteiger partial charge on any atom is -0.337 e. The lowest BCUT2D eigenvalue weighted by Crippen LogP contribution is -1.95. The highest BCUT2D eigenvalue weighted by Crippen LogP contribution is 2.24. The molecule has 72 valence electrons. The maximum absolute atomic E-state index is 5.17. The third kappa shape index (κ3) is 1.70. The van der Waals surface area contributed by atoms with E-state index in [1.807, 2.05) is 49.4 Å². The molecule has 0 aliphatic rings. The number of fused-ring (bicyclic) bond motifs is 1. The third-order valence-electron chi connectivity index (χ3n) is 2.02. The van der Waals surface area contributed by atoms with Crippen molar-refractivity contribution in [1.29, 1.82) is 0 Å². The van der Waals surface area contributed by atoms with Gasteiger partial charge in [0.1, 0.15) is 0 Å². The lowest BCUT2D eigenvalue weighted by atomic mass is 10.1. The van der Waals surface area contributed by atoms with Crippen LogP contribution in [0.1, 0.15) is 6.92 Å². The van der Waals surface area contributed by atoms with Gasteiger partial charge in [0.2, 0.25) is 0 Å². The monoisotopic (exact) mass is 188 g/mol. The highest BCUT2D eigenvalue weighted by molar-refractivity contribution is 5.88. The Labute approximate surface area is 83.0 Å². The molecule has 0 aliphatic carbocycles. The SMILES string of the molecule is CCOOc1cccc2ccccc12. The van der Waals surface area contributed by atoms with Crippen molar-refractivity contribution in [2.24, 2.45) is 0 Å². The van der Waals surface area contributed by atoms with Gasteiger partial charge in [-0.1, -0.05) is 36.4 Å². The minimum absolute atomic E-state index is 0.545. The molecule has 0 saturated carbocycles. The van der Waals surface area contributed by atoms with Gasteiger partial charge < -0.3 is 4.89 Å². The first-order valence-electron chi connectivity index (χ1n) is 4.69. The number of hydrogen-bond acceptors (Lipinski definition) is 2. The van der Waals surface area contributed by atoms with E-state index in [2.05, 4.69) is 0 Å². The largest absolute Gasteiger partial charge is 0.337 e. The zero-order chi connectivity index (χ0) is 9.80. The Hall–Kier alpha value is -1.54. The zero-order valence-electron chi connectivity index (χ0n) is 8.07. The van der Waals surface area contributed by atoms with Gasteiger partial charge in [-0.05, 0) is 18.4 Å². The van der Waals surface area contributed by atoms with E-state index in [0.717, 1.165) is 16.5 Å². The highest BCUT2D eigenvalue weighted by atomic mass is 17.2. The van der Waals surface area contributed by atoms with Crippen LogP contribution in [-0.4, -0.2) is 6.61 Å². The van der Waals surface area contributed by atoms with Gasteiger partial charge in [-0.3, -0.25) is 0 Å². The molecule has 2 rings (SSSR count). The fourth-order valence-electron chi connectivity index (χ4n) is 1.39. The van der Waals surface area contributed by atoms with E-state index in [4.69, 9.17) is 9.78 Å². The molecule has 0 atom stereocenters. The molecule has 0 fully saturated rings. The van der Waals surface area contributed by atoms with E-state index in [1.165, 1.54) is 0 Å². The van der Waals surface area contributed by atoms with Gasteiger partial charge in [-0.25, -0.2) is 0 Å². The molecule has 0 N–H and O–H groups in total. The minimum atomic E-state index is 0.545. The summed E-state index contributed by atoms with van der Waals surface area (Å²) in [5, 5.41) is 2.23. The van der Waals surface area contributed by atoms with E-state index in [0.29, 0.717) is 6.61 Å². The predicted octanol–water partition coefficient (Wildman–Crippen LogP) is 3.17. The van der Waals surface area contributed by atoms with Gasteiger partial charge in [-0.2, -0.15) is 4.89 Å². The van der Waals surface area contributed by atoms with E-state index >= 15 is 0 Å². The summed E-state index contributed by atoms with van der Waals surface area (Å²) >= 11 is 0. The van der Waals surface area contributed by atoms with Crippen molar-refractivity contribution >= 4 is 10.8 Å². The fraction of sp³-hybridized carbons (Fsp3) is 0.167. The normalized spacial score (nSPS) is 10.4. The number of benzene rings is 2. The molecule has 0 bridgehead atoms. The Bertz CT molecular complexity index is 418. The van der Waals surface area contributed by atoms with Crippen molar-refractivity contribution < 1.29 is 9.78 Å². The van der Waals surface area contributed by atoms with Crippen LogP contribution in [0.15, 0.2) is 42.5 Å². The first-order chi connectivity index (χ1) is 6.92. The number of rotatable bonds is 3. The van der Waals surface area contributed by atoms with Gasteiger partial charge in [-0.15, -0.1) is 0 Å². The summed E-state index contributed by atoms with van der Waals surface area (Å²) in [6, 6.07) is 14.0. The van der Waals surface area contributed by atoms with Crippen LogP contribution < -0.4 is 4.89 Å². The molecule has 0 aliphatic heterocycles. The lowest BCUT2D eigenvalue weighted by molar-refractivity contribution is -0.200. The van der Waals surface area contributed by atoms with Gasteiger partial charge in [0.05, 0.1) is 6.61 Å². The molecule has 2 aromatic carbocycles. The van der Waals surface area contributed by atoms with Crippen molar-refractivity contribution in [2.45, 2.75) is 6.92 Å². The van der Waals surface area contributed by atoms with Crippen LogP contribution in [0.3, 0.4) is 0 Å². The molecular weight excluding hydrogens is 176 g/mol. The molecule has 2 nitrogen and oxygen atoms in total. The van der Waals surface area contributed by atoms with Gasteiger partial charge in [0, 0.05) is 5.39 Å². The van der Waals surface area contributed by atoms with Crippen molar-refractivity contribution in [2.75, 3.05) is 6.61 Å². The Kier molecular flexibility index (Phi) is 2.65. The summed E-state index contributed by atoms with van der Waals surface area (Å²) in [5.41, 5.74) is 0. The summed E-state index contributed by atoms with van der Waals surface area (Å²) in [6.07, 6.45) is 0. The van der Waals surface area contributed by atoms with Crippen LogP contribution in [0.5, 0.6) is 5.75 Å². The van der Waals surface area contributed by atoms with Crippen LogP contribution in [-0.2, 0) is 4.89 Å². The van der Waals surface area contributed by atoms with Crippen LogP contribution in [0, 0.1) is 0 Å². The van der Waals surface area contributed by atoms with Gasteiger partial charge in [0.25, 0.3) is 0 Å². The first-order valence-corrected chi connectivity index (χ1v) is 4.69. The molecule has 2 aromatic rings. The summed E-state index contributed by atoms with van der Waals surface area (Å²) in [7, 11) is 0. The van der Waals surface area contributed by atoms with Gasteiger partial charge >= 0.3 is 0 Å². The second kappa shape index (κ2) is 4.11. The van der Waals surface area contributed by atoms with Crippen molar-refractivity contribution in [3.05, 3.63) is 42.5 Å². The second-order valence-corrected chi connectivity index (χ2v) is 2.97. The summed E-state index contributed by atoms with van der Waals surface area (Å²) < 4.78 is 0. The Morgan fingerprint density at radius 3 is 2.64 bits per heavy atom. The van der Waals surface area contributed by atoms with E-state index in [9.17, 15) is 0 Å². The third-order valence-corrected chi connectivity index (χ3v) is 2.02. The molecule has 0 radical (unpaired) electrons. The molecule has 0 aromatic heterocycles. The molecule has 0 amide bonds. The second-order valence-electron chi connectivity index (χ2n) is 2.97. The Morgan fingerprint density at radius 2 is 1.79 bits per heavy atom. The maximum atomic E-state index is 5.17.